The molecule has 0 unspecified atom stereocenters. The van der Waals surface area contributed by atoms with Gasteiger partial charge in [0.05, 0.1) is 5.56 Å². The highest BCUT2D eigenvalue weighted by atomic mass is 32.1. The monoisotopic (exact) mass is 292 g/mol. The predicted octanol–water partition coefficient (Wildman–Crippen LogP) is 2.34. The van der Waals surface area contributed by atoms with Crippen LogP contribution in [-0.4, -0.2) is 20.7 Å². The molecular formula is C9H4F4N4OS. The Bertz CT molecular complexity index is 599. The van der Waals surface area contributed by atoms with Crippen molar-refractivity contribution in [3.8, 4) is 0 Å². The van der Waals surface area contributed by atoms with Crippen LogP contribution < -0.4 is 5.32 Å². The maximum absolute atomic E-state index is 13.0. The third-order valence-electron chi connectivity index (χ3n) is 2.05. The lowest BCUT2D eigenvalue weighted by Crippen LogP contribution is -2.15. The third-order valence-corrected chi connectivity index (χ3v) is 2.57. The Kier molecular flexibility index (Phi) is 3.42. The highest BCUT2D eigenvalue weighted by molar-refractivity contribution is 7.09. The van der Waals surface area contributed by atoms with Crippen LogP contribution in [-0.2, 0) is 6.18 Å². The molecule has 1 aromatic carbocycles. The number of amides is 1. The number of halogens is 4. The molecule has 19 heavy (non-hydrogen) atoms. The van der Waals surface area contributed by atoms with Gasteiger partial charge >= 0.3 is 6.18 Å². The van der Waals surface area contributed by atoms with E-state index in [1.165, 1.54) is 0 Å². The lowest BCUT2D eigenvalue weighted by Gasteiger charge is -2.09. The Morgan fingerprint density at radius 3 is 2.63 bits per heavy atom. The summed E-state index contributed by atoms with van der Waals surface area (Å²) in [6.07, 6.45) is -4.87. The number of anilines is 1. The number of carbonyl (C=O) groups excluding carboxylic acids is 1. The highest BCUT2D eigenvalue weighted by Crippen LogP contribution is 2.32. The van der Waals surface area contributed by atoms with Gasteiger partial charge in [0, 0.05) is 17.1 Å². The number of aromatic nitrogens is 3. The molecule has 0 aliphatic rings. The molecule has 10 heteroatoms. The fourth-order valence-electron chi connectivity index (χ4n) is 1.23. The van der Waals surface area contributed by atoms with E-state index in [1.807, 2.05) is 0 Å². The van der Waals surface area contributed by atoms with Gasteiger partial charge in [-0.05, 0) is 23.4 Å². The van der Waals surface area contributed by atoms with Crippen LogP contribution in [0.2, 0.25) is 0 Å². The van der Waals surface area contributed by atoms with Gasteiger partial charge in [0.2, 0.25) is 5.13 Å². The molecule has 2 rings (SSSR count). The number of hydrogen-bond acceptors (Lipinski definition) is 5. The summed E-state index contributed by atoms with van der Waals surface area (Å²) in [6.45, 7) is 0. The summed E-state index contributed by atoms with van der Waals surface area (Å²) >= 11 is 0.758. The average Bonchev–Trinajstić information content (AvgIpc) is 2.80. The van der Waals surface area contributed by atoms with Crippen molar-refractivity contribution in [3.63, 3.8) is 0 Å². The number of nitrogens with zero attached hydrogens (tertiary/aromatic N) is 3. The van der Waals surface area contributed by atoms with Crippen molar-refractivity contribution in [2.75, 3.05) is 5.32 Å². The van der Waals surface area contributed by atoms with Crippen LogP contribution in [0.1, 0.15) is 15.9 Å². The number of benzene rings is 1. The minimum atomic E-state index is -4.87. The molecular weight excluding hydrogens is 288 g/mol. The second-order valence-corrected chi connectivity index (χ2v) is 4.05. The zero-order valence-electron chi connectivity index (χ0n) is 8.90. The molecule has 1 heterocycles. The zero-order chi connectivity index (χ0) is 14.0. The van der Waals surface area contributed by atoms with Crippen LogP contribution in [0.4, 0.5) is 22.7 Å². The van der Waals surface area contributed by atoms with E-state index in [9.17, 15) is 22.4 Å². The summed E-state index contributed by atoms with van der Waals surface area (Å²) in [4.78, 5) is 11.6. The van der Waals surface area contributed by atoms with Crippen molar-refractivity contribution >= 4 is 22.6 Å². The molecule has 2 aromatic rings. The van der Waals surface area contributed by atoms with Crippen molar-refractivity contribution in [2.24, 2.45) is 0 Å². The fraction of sp³-hybridized carbons (Fsp3) is 0.111. The molecule has 0 bridgehead atoms. The number of hydrogen-bond donors (Lipinski definition) is 1. The summed E-state index contributed by atoms with van der Waals surface area (Å²) in [5.74, 6) is -2.30. The summed E-state index contributed by atoms with van der Waals surface area (Å²) in [5, 5.41) is 8.82. The van der Waals surface area contributed by atoms with Gasteiger partial charge in [0.25, 0.3) is 5.91 Å². The van der Waals surface area contributed by atoms with Crippen LogP contribution in [0.25, 0.3) is 0 Å². The molecule has 1 aromatic heterocycles. The van der Waals surface area contributed by atoms with Crippen LogP contribution in [0, 0.1) is 5.82 Å². The third kappa shape index (κ3) is 3.02. The quantitative estimate of drug-likeness (QED) is 0.863. The second kappa shape index (κ2) is 4.88. The van der Waals surface area contributed by atoms with Crippen molar-refractivity contribution in [1.29, 1.82) is 0 Å². The molecule has 0 saturated heterocycles. The van der Waals surface area contributed by atoms with Gasteiger partial charge in [-0.3, -0.25) is 10.1 Å². The number of alkyl halides is 3. The standard InChI is InChI=1S/C9H4F4N4OS/c10-6-2-1-4(3-5(6)9(11,12)13)7(18)14-8-15-16-17-19-8/h1-3H,(H,14,15,17,18). The molecule has 1 N–H and O–H groups in total. The van der Waals surface area contributed by atoms with Crippen molar-refractivity contribution in [3.05, 3.63) is 35.1 Å². The normalized spacial score (nSPS) is 11.4. The minimum Gasteiger partial charge on any atom is -0.295 e. The Hall–Kier alpha value is -2.10. The summed E-state index contributed by atoms with van der Waals surface area (Å²) in [7, 11) is 0. The Balaban J connectivity index is 2.28. The van der Waals surface area contributed by atoms with E-state index < -0.39 is 23.5 Å². The first-order chi connectivity index (χ1) is 8.88. The van der Waals surface area contributed by atoms with Gasteiger partial charge in [-0.2, -0.15) is 13.2 Å². The van der Waals surface area contributed by atoms with E-state index in [2.05, 4.69) is 20.1 Å². The highest BCUT2D eigenvalue weighted by Gasteiger charge is 2.34. The lowest BCUT2D eigenvalue weighted by molar-refractivity contribution is -0.140. The molecule has 100 valence electrons. The van der Waals surface area contributed by atoms with E-state index in [0.717, 1.165) is 17.6 Å². The van der Waals surface area contributed by atoms with Gasteiger partial charge < -0.3 is 0 Å². The molecule has 0 aliphatic heterocycles. The van der Waals surface area contributed by atoms with E-state index in [4.69, 9.17) is 0 Å². The summed E-state index contributed by atoms with van der Waals surface area (Å²) in [5.41, 5.74) is -1.85. The van der Waals surface area contributed by atoms with Gasteiger partial charge in [-0.15, -0.1) is 0 Å². The van der Waals surface area contributed by atoms with Crippen molar-refractivity contribution < 1.29 is 22.4 Å². The number of nitrogens with one attached hydrogen (secondary N) is 1. The lowest BCUT2D eigenvalue weighted by atomic mass is 10.1. The first kappa shape index (κ1) is 13.3. The van der Waals surface area contributed by atoms with Gasteiger partial charge in [0.1, 0.15) is 5.82 Å². The van der Waals surface area contributed by atoms with Crippen LogP contribution in [0.5, 0.6) is 0 Å². The Morgan fingerprint density at radius 2 is 2.05 bits per heavy atom. The van der Waals surface area contributed by atoms with E-state index in [0.29, 0.717) is 12.1 Å². The van der Waals surface area contributed by atoms with Gasteiger partial charge in [0.15, 0.2) is 0 Å². The van der Waals surface area contributed by atoms with E-state index in [1.54, 1.807) is 0 Å². The Labute approximate surface area is 107 Å². The molecule has 0 atom stereocenters. The number of rotatable bonds is 2. The summed E-state index contributed by atoms with van der Waals surface area (Å²) in [6, 6.07) is 1.95. The average molecular weight is 292 g/mol. The smallest absolute Gasteiger partial charge is 0.295 e. The van der Waals surface area contributed by atoms with Crippen molar-refractivity contribution in [1.82, 2.24) is 14.8 Å². The SMILES string of the molecule is O=C(Nc1nnns1)c1ccc(F)c(C(F)(F)F)c1. The van der Waals surface area contributed by atoms with Crippen molar-refractivity contribution in [2.45, 2.75) is 6.18 Å². The molecule has 0 saturated carbocycles. The zero-order valence-corrected chi connectivity index (χ0v) is 9.72. The summed E-state index contributed by atoms with van der Waals surface area (Å²) < 4.78 is 53.8. The van der Waals surface area contributed by atoms with Crippen LogP contribution >= 0.6 is 11.5 Å². The molecule has 0 radical (unpaired) electrons. The fourth-order valence-corrected chi connectivity index (χ4v) is 1.60. The molecule has 0 spiro atoms. The maximum Gasteiger partial charge on any atom is 0.419 e. The predicted molar refractivity (Wildman–Crippen MR) is 57.1 cm³/mol. The largest absolute Gasteiger partial charge is 0.419 e. The number of carbonyl (C=O) groups is 1. The van der Waals surface area contributed by atoms with Gasteiger partial charge in [-0.1, -0.05) is 9.59 Å². The first-order valence-corrected chi connectivity index (χ1v) is 5.48. The van der Waals surface area contributed by atoms with Crippen LogP contribution in [0.3, 0.4) is 0 Å². The van der Waals surface area contributed by atoms with Gasteiger partial charge in [-0.25, -0.2) is 4.39 Å². The van der Waals surface area contributed by atoms with E-state index >= 15 is 0 Å². The Morgan fingerprint density at radius 1 is 1.32 bits per heavy atom. The first-order valence-electron chi connectivity index (χ1n) is 4.71. The molecule has 1 amide bonds. The minimum absolute atomic E-state index is 0.0304. The molecule has 0 fully saturated rings. The second-order valence-electron chi connectivity index (χ2n) is 3.31. The molecule has 0 aliphatic carbocycles. The maximum atomic E-state index is 13.0. The molecule has 5 nitrogen and oxygen atoms in total. The van der Waals surface area contributed by atoms with Crippen LogP contribution in [0.15, 0.2) is 18.2 Å². The van der Waals surface area contributed by atoms with E-state index in [-0.39, 0.29) is 10.7 Å². The topological polar surface area (TPSA) is 67.8 Å².